The van der Waals surface area contributed by atoms with Crippen molar-refractivity contribution in [1.29, 1.82) is 5.26 Å². The molecule has 2 aromatic carbocycles. The zero-order valence-corrected chi connectivity index (χ0v) is 15.9. The second kappa shape index (κ2) is 8.40. The summed E-state index contributed by atoms with van der Waals surface area (Å²) < 4.78 is 10.1. The number of esters is 1. The van der Waals surface area contributed by atoms with E-state index in [1.807, 2.05) is 0 Å². The van der Waals surface area contributed by atoms with Gasteiger partial charge in [0, 0.05) is 11.3 Å². The van der Waals surface area contributed by atoms with E-state index in [1.54, 1.807) is 55.5 Å². The van der Waals surface area contributed by atoms with E-state index in [1.165, 1.54) is 13.2 Å². The van der Waals surface area contributed by atoms with Gasteiger partial charge in [-0.1, -0.05) is 12.1 Å². The Morgan fingerprint density at radius 1 is 1.21 bits per heavy atom. The molecule has 1 amide bonds. The smallest absolute Gasteiger partial charge is 0.349 e. The average Bonchev–Trinajstić information content (AvgIpc) is 3.03. The van der Waals surface area contributed by atoms with Crippen molar-refractivity contribution >= 4 is 29.4 Å². The Labute approximate surface area is 167 Å². The minimum Gasteiger partial charge on any atom is -0.497 e. The highest BCUT2D eigenvalue weighted by Crippen LogP contribution is 2.32. The maximum Gasteiger partial charge on any atom is 0.349 e. The van der Waals surface area contributed by atoms with Crippen molar-refractivity contribution < 1.29 is 23.9 Å². The molecular formula is C22H18N2O5. The molecule has 0 aromatic heterocycles. The predicted octanol–water partition coefficient (Wildman–Crippen LogP) is 3.08. The number of carbonyl (C=O) groups excluding carboxylic acids is 3. The maximum atomic E-state index is 12.4. The lowest BCUT2D eigenvalue weighted by Crippen LogP contribution is -2.15. The van der Waals surface area contributed by atoms with Crippen molar-refractivity contribution in [2.45, 2.75) is 12.8 Å². The fraction of sp³-hybridized carbons (Fsp3) is 0.182. The number of nitrogens with one attached hydrogen (secondary N) is 1. The Kier molecular flexibility index (Phi) is 5.74. The predicted molar refractivity (Wildman–Crippen MR) is 105 cm³/mol. The van der Waals surface area contributed by atoms with Crippen LogP contribution in [0.5, 0.6) is 5.75 Å². The summed E-state index contributed by atoms with van der Waals surface area (Å²) in [5, 5.41) is 12.0. The van der Waals surface area contributed by atoms with Crippen LogP contribution >= 0.6 is 0 Å². The summed E-state index contributed by atoms with van der Waals surface area (Å²) in [6, 6.07) is 13.4. The van der Waals surface area contributed by atoms with E-state index in [-0.39, 0.29) is 17.4 Å². The van der Waals surface area contributed by atoms with Gasteiger partial charge in [0.1, 0.15) is 17.4 Å². The average molecular weight is 390 g/mol. The molecule has 1 heterocycles. The Morgan fingerprint density at radius 2 is 1.93 bits per heavy atom. The fourth-order valence-corrected chi connectivity index (χ4v) is 2.89. The fourth-order valence-electron chi connectivity index (χ4n) is 2.89. The number of Topliss-reactive ketones (excluding diaryl/α,β-unsaturated/α-hetero) is 1. The first kappa shape index (κ1) is 19.8. The van der Waals surface area contributed by atoms with Crippen LogP contribution in [0.25, 0.3) is 6.08 Å². The molecule has 0 fully saturated rings. The van der Waals surface area contributed by atoms with Gasteiger partial charge in [0.15, 0.2) is 12.4 Å². The summed E-state index contributed by atoms with van der Waals surface area (Å²) in [5.74, 6) is -1.14. The third-order valence-corrected chi connectivity index (χ3v) is 4.59. The zero-order valence-electron chi connectivity index (χ0n) is 15.9. The molecular weight excluding hydrogens is 372 g/mol. The third-order valence-electron chi connectivity index (χ3n) is 4.59. The number of anilines is 1. The van der Waals surface area contributed by atoms with E-state index < -0.39 is 18.4 Å². The topological polar surface area (TPSA) is 105 Å². The van der Waals surface area contributed by atoms with E-state index >= 15 is 0 Å². The molecule has 146 valence electrons. The first-order chi connectivity index (χ1) is 13.9. The normalized spacial score (nSPS) is 15.1. The van der Waals surface area contributed by atoms with Gasteiger partial charge in [0.2, 0.25) is 5.91 Å². The SMILES string of the molecule is COc1ccc(/C=C(\C#N)C(=O)OCC(=O)c2ccc3c(c2)[C@H](C)C(=O)N3)cc1. The van der Waals surface area contributed by atoms with Gasteiger partial charge in [0.25, 0.3) is 0 Å². The minimum absolute atomic E-state index is 0.127. The summed E-state index contributed by atoms with van der Waals surface area (Å²) in [4.78, 5) is 36.3. The van der Waals surface area contributed by atoms with E-state index in [0.29, 0.717) is 22.6 Å². The number of carbonyl (C=O) groups is 3. The Balaban J connectivity index is 1.66. The van der Waals surface area contributed by atoms with Crippen molar-refractivity contribution in [1.82, 2.24) is 0 Å². The number of amides is 1. The zero-order chi connectivity index (χ0) is 21.0. The van der Waals surface area contributed by atoms with Crippen molar-refractivity contribution in [2.24, 2.45) is 0 Å². The molecule has 0 aliphatic carbocycles. The summed E-state index contributed by atoms with van der Waals surface area (Å²) in [7, 11) is 1.54. The van der Waals surface area contributed by atoms with E-state index in [9.17, 15) is 19.6 Å². The Hall–Kier alpha value is -3.92. The molecule has 0 unspecified atom stereocenters. The number of hydrogen-bond donors (Lipinski definition) is 1. The molecule has 1 N–H and O–H groups in total. The van der Waals surface area contributed by atoms with Crippen LogP contribution in [0.3, 0.4) is 0 Å². The summed E-state index contributed by atoms with van der Waals surface area (Å²) in [6.45, 7) is 1.24. The number of fused-ring (bicyclic) bond motifs is 1. The van der Waals surface area contributed by atoms with Gasteiger partial charge in [-0.05, 0) is 54.5 Å². The number of ether oxygens (including phenoxy) is 2. The van der Waals surface area contributed by atoms with Gasteiger partial charge < -0.3 is 14.8 Å². The summed E-state index contributed by atoms with van der Waals surface area (Å²) in [6.07, 6.45) is 1.38. The molecule has 1 aliphatic rings. The standard InChI is InChI=1S/C22H18N2O5/c1-13-18-10-15(5-8-19(18)24-21(13)26)20(25)12-29-22(27)16(11-23)9-14-3-6-17(28-2)7-4-14/h3-10,13H,12H2,1-2H3,(H,24,26)/b16-9+/t13-/m0/s1. The van der Waals surface area contributed by atoms with Crippen LogP contribution in [0, 0.1) is 11.3 Å². The van der Waals surface area contributed by atoms with Crippen LogP contribution < -0.4 is 10.1 Å². The first-order valence-electron chi connectivity index (χ1n) is 8.84. The molecule has 7 heteroatoms. The molecule has 3 rings (SSSR count). The van der Waals surface area contributed by atoms with Gasteiger partial charge in [-0.15, -0.1) is 0 Å². The highest BCUT2D eigenvalue weighted by atomic mass is 16.5. The highest BCUT2D eigenvalue weighted by molar-refractivity contribution is 6.05. The highest BCUT2D eigenvalue weighted by Gasteiger charge is 2.27. The second-order valence-electron chi connectivity index (χ2n) is 6.46. The Bertz CT molecular complexity index is 1050. The van der Waals surface area contributed by atoms with Crippen LogP contribution in [-0.2, 0) is 14.3 Å². The number of hydrogen-bond acceptors (Lipinski definition) is 6. The van der Waals surface area contributed by atoms with Crippen LogP contribution in [-0.4, -0.2) is 31.4 Å². The lowest BCUT2D eigenvalue weighted by atomic mass is 9.99. The van der Waals surface area contributed by atoms with Gasteiger partial charge in [-0.2, -0.15) is 5.26 Å². The minimum atomic E-state index is -0.886. The molecule has 0 saturated carbocycles. The molecule has 0 saturated heterocycles. The lowest BCUT2D eigenvalue weighted by Gasteiger charge is -2.07. The molecule has 2 aromatic rings. The first-order valence-corrected chi connectivity index (χ1v) is 8.84. The van der Waals surface area contributed by atoms with Gasteiger partial charge >= 0.3 is 5.97 Å². The number of ketones is 1. The van der Waals surface area contributed by atoms with Crippen molar-refractivity contribution in [2.75, 3.05) is 19.0 Å². The lowest BCUT2D eigenvalue weighted by molar-refractivity contribution is -0.137. The van der Waals surface area contributed by atoms with Gasteiger partial charge in [-0.3, -0.25) is 9.59 Å². The number of nitrogens with zero attached hydrogens (tertiary/aromatic N) is 1. The molecule has 29 heavy (non-hydrogen) atoms. The van der Waals surface area contributed by atoms with Crippen molar-refractivity contribution in [3.8, 4) is 11.8 Å². The second-order valence-corrected chi connectivity index (χ2v) is 6.46. The van der Waals surface area contributed by atoms with Gasteiger partial charge in [-0.25, -0.2) is 4.79 Å². The monoisotopic (exact) mass is 390 g/mol. The Morgan fingerprint density at radius 3 is 2.59 bits per heavy atom. The number of benzene rings is 2. The number of nitriles is 1. The summed E-state index contributed by atoms with van der Waals surface area (Å²) >= 11 is 0. The van der Waals surface area contributed by atoms with E-state index in [4.69, 9.17) is 9.47 Å². The maximum absolute atomic E-state index is 12.4. The van der Waals surface area contributed by atoms with Crippen LogP contribution in [0.1, 0.15) is 34.3 Å². The largest absolute Gasteiger partial charge is 0.497 e. The van der Waals surface area contributed by atoms with E-state index in [0.717, 1.165) is 5.56 Å². The molecule has 1 atom stereocenters. The summed E-state index contributed by atoms with van der Waals surface area (Å²) in [5.41, 5.74) is 2.13. The van der Waals surface area contributed by atoms with Crippen molar-refractivity contribution in [3.63, 3.8) is 0 Å². The van der Waals surface area contributed by atoms with Crippen LogP contribution in [0.4, 0.5) is 5.69 Å². The van der Waals surface area contributed by atoms with Crippen LogP contribution in [0.2, 0.25) is 0 Å². The molecule has 0 bridgehead atoms. The quantitative estimate of drug-likeness (QED) is 0.352. The third kappa shape index (κ3) is 4.33. The van der Waals surface area contributed by atoms with Crippen LogP contribution in [0.15, 0.2) is 48.0 Å². The number of rotatable bonds is 6. The van der Waals surface area contributed by atoms with Crippen molar-refractivity contribution in [3.05, 3.63) is 64.7 Å². The molecule has 1 aliphatic heterocycles. The molecule has 7 nitrogen and oxygen atoms in total. The molecule has 0 radical (unpaired) electrons. The number of methoxy groups -OCH3 is 1. The van der Waals surface area contributed by atoms with E-state index in [2.05, 4.69) is 5.32 Å². The molecule has 0 spiro atoms. The van der Waals surface area contributed by atoms with Gasteiger partial charge in [0.05, 0.1) is 13.0 Å².